The fourth-order valence-corrected chi connectivity index (χ4v) is 4.16. The Morgan fingerprint density at radius 1 is 1.42 bits per heavy atom. The van der Waals surface area contributed by atoms with Crippen molar-refractivity contribution in [1.29, 1.82) is 0 Å². The smallest absolute Gasteiger partial charge is 0.219 e. The van der Waals surface area contributed by atoms with Crippen LogP contribution in [0.25, 0.3) is 0 Å². The second-order valence-electron chi connectivity index (χ2n) is 5.46. The molecule has 0 saturated carbocycles. The lowest BCUT2D eigenvalue weighted by molar-refractivity contribution is 0.115. The van der Waals surface area contributed by atoms with Gasteiger partial charge in [0.2, 0.25) is 5.95 Å². The van der Waals surface area contributed by atoms with Crippen molar-refractivity contribution < 1.29 is 17.2 Å². The van der Waals surface area contributed by atoms with E-state index in [1.54, 1.807) is 0 Å². The Bertz CT molecular complexity index is 618. The summed E-state index contributed by atoms with van der Waals surface area (Å²) < 4.78 is 51.2. The van der Waals surface area contributed by atoms with Crippen molar-refractivity contribution in [3.8, 4) is 0 Å². The van der Waals surface area contributed by atoms with Crippen LogP contribution >= 0.6 is 11.6 Å². The molecule has 1 fully saturated rings. The minimum absolute atomic E-state index is 0.125. The molecule has 0 radical (unpaired) electrons. The fourth-order valence-electron chi connectivity index (χ4n) is 2.41. The molecule has 1 aromatic heterocycles. The second-order valence-corrected chi connectivity index (χ2v) is 8.64. The zero-order chi connectivity index (χ0) is 14.5. The zero-order valence-corrected chi connectivity index (χ0v) is 12.2. The van der Waals surface area contributed by atoms with Gasteiger partial charge in [0.05, 0.1) is 15.5 Å². The highest BCUT2D eigenvalue weighted by molar-refractivity contribution is 7.92. The van der Waals surface area contributed by atoms with Crippen LogP contribution in [-0.4, -0.2) is 23.9 Å². The fraction of sp³-hybridized carbons (Fsp3) is 0.583. The Labute approximate surface area is 115 Å². The van der Waals surface area contributed by atoms with Gasteiger partial charge in [-0.2, -0.15) is 4.39 Å². The summed E-state index contributed by atoms with van der Waals surface area (Å²) in [6.07, 6.45) is 0.507. The van der Waals surface area contributed by atoms with Crippen LogP contribution in [0.1, 0.15) is 32.3 Å². The summed E-state index contributed by atoms with van der Waals surface area (Å²) in [5.41, 5.74) is -2.32. The predicted octanol–water partition coefficient (Wildman–Crippen LogP) is 3.03. The van der Waals surface area contributed by atoms with E-state index in [-0.39, 0.29) is 29.2 Å². The summed E-state index contributed by atoms with van der Waals surface area (Å²) >= 11 is 5.71. The van der Waals surface area contributed by atoms with Crippen LogP contribution in [-0.2, 0) is 15.5 Å². The third-order valence-electron chi connectivity index (χ3n) is 3.60. The Morgan fingerprint density at radius 3 is 2.63 bits per heavy atom. The topological polar surface area (TPSA) is 47.0 Å². The number of nitrogens with zero attached hydrogens (tertiary/aromatic N) is 1. The van der Waals surface area contributed by atoms with Crippen LogP contribution in [0.15, 0.2) is 12.3 Å². The summed E-state index contributed by atoms with van der Waals surface area (Å²) in [5, 5.41) is 0.125. The molecule has 19 heavy (non-hydrogen) atoms. The normalized spacial score (nSPS) is 29.1. The molecule has 1 atom stereocenters. The van der Waals surface area contributed by atoms with E-state index in [4.69, 9.17) is 11.6 Å². The molecule has 7 heteroatoms. The van der Waals surface area contributed by atoms with Gasteiger partial charge in [0.15, 0.2) is 9.84 Å². The third kappa shape index (κ3) is 2.48. The van der Waals surface area contributed by atoms with Crippen molar-refractivity contribution in [3.05, 3.63) is 28.8 Å². The SMILES string of the molecule is CC1(C)C[C@@](F)(c2cc(Cl)cnc2F)CCS1(=O)=O. The molecule has 0 bridgehead atoms. The summed E-state index contributed by atoms with van der Waals surface area (Å²) in [6, 6.07) is 1.18. The molecule has 1 saturated heterocycles. The van der Waals surface area contributed by atoms with Gasteiger partial charge in [0, 0.05) is 18.2 Å². The molecular weight excluding hydrogens is 296 g/mol. The number of halogens is 3. The summed E-state index contributed by atoms with van der Waals surface area (Å²) in [5.74, 6) is -1.26. The van der Waals surface area contributed by atoms with Crippen LogP contribution in [0.2, 0.25) is 5.02 Å². The molecule has 106 valence electrons. The highest BCUT2D eigenvalue weighted by Gasteiger charge is 2.51. The monoisotopic (exact) mass is 309 g/mol. The second kappa shape index (κ2) is 4.38. The van der Waals surface area contributed by atoms with E-state index in [2.05, 4.69) is 4.98 Å². The Morgan fingerprint density at radius 2 is 2.05 bits per heavy atom. The lowest BCUT2D eigenvalue weighted by Gasteiger charge is -2.39. The average molecular weight is 310 g/mol. The molecule has 0 unspecified atom stereocenters. The van der Waals surface area contributed by atoms with Crippen molar-refractivity contribution in [2.45, 2.75) is 37.1 Å². The van der Waals surface area contributed by atoms with E-state index in [9.17, 15) is 17.2 Å². The number of hydrogen-bond acceptors (Lipinski definition) is 3. The van der Waals surface area contributed by atoms with Gasteiger partial charge in [-0.3, -0.25) is 0 Å². The van der Waals surface area contributed by atoms with Gasteiger partial charge in [-0.25, -0.2) is 17.8 Å². The number of alkyl halides is 1. The van der Waals surface area contributed by atoms with Crippen LogP contribution in [0, 0.1) is 5.95 Å². The van der Waals surface area contributed by atoms with E-state index in [1.165, 1.54) is 19.9 Å². The maximum absolute atomic E-state index is 15.0. The summed E-state index contributed by atoms with van der Waals surface area (Å²) in [4.78, 5) is 3.40. The quantitative estimate of drug-likeness (QED) is 0.749. The highest BCUT2D eigenvalue weighted by atomic mass is 35.5. The third-order valence-corrected chi connectivity index (χ3v) is 6.38. The molecule has 0 aromatic carbocycles. The van der Waals surface area contributed by atoms with E-state index in [0.717, 1.165) is 6.20 Å². The van der Waals surface area contributed by atoms with Gasteiger partial charge in [-0.05, 0) is 26.3 Å². The van der Waals surface area contributed by atoms with Crippen LogP contribution in [0.4, 0.5) is 8.78 Å². The molecule has 1 aliphatic rings. The first-order valence-electron chi connectivity index (χ1n) is 5.80. The van der Waals surface area contributed by atoms with Crippen LogP contribution in [0.3, 0.4) is 0 Å². The van der Waals surface area contributed by atoms with Crippen molar-refractivity contribution in [2.24, 2.45) is 0 Å². The van der Waals surface area contributed by atoms with Gasteiger partial charge in [-0.1, -0.05) is 11.6 Å². The molecule has 1 aromatic rings. The van der Waals surface area contributed by atoms with E-state index in [1.807, 2.05) is 0 Å². The lowest BCUT2D eigenvalue weighted by Crippen LogP contribution is -2.47. The molecule has 0 amide bonds. The lowest BCUT2D eigenvalue weighted by atomic mass is 9.85. The molecule has 0 spiro atoms. The van der Waals surface area contributed by atoms with Crippen molar-refractivity contribution in [2.75, 3.05) is 5.75 Å². The van der Waals surface area contributed by atoms with Crippen LogP contribution in [0.5, 0.6) is 0 Å². The Hall–Kier alpha value is -0.750. The minimum atomic E-state index is -3.38. The largest absolute Gasteiger partial charge is 0.238 e. The number of aromatic nitrogens is 1. The van der Waals surface area contributed by atoms with E-state index in [0.29, 0.717) is 0 Å². The molecule has 0 N–H and O–H groups in total. The van der Waals surface area contributed by atoms with Crippen LogP contribution < -0.4 is 0 Å². The average Bonchev–Trinajstić information content (AvgIpc) is 2.28. The van der Waals surface area contributed by atoms with Crippen molar-refractivity contribution in [1.82, 2.24) is 4.98 Å². The number of rotatable bonds is 1. The van der Waals surface area contributed by atoms with Gasteiger partial charge in [0.25, 0.3) is 0 Å². The Balaban J connectivity index is 2.48. The molecule has 1 aliphatic heterocycles. The Kier molecular flexibility index (Phi) is 3.38. The maximum Gasteiger partial charge on any atom is 0.219 e. The summed E-state index contributed by atoms with van der Waals surface area (Å²) in [6.45, 7) is 2.90. The molecular formula is C12H14ClF2NO2S. The number of hydrogen-bond donors (Lipinski definition) is 0. The predicted molar refractivity (Wildman–Crippen MR) is 69.1 cm³/mol. The summed E-state index contributed by atoms with van der Waals surface area (Å²) in [7, 11) is -3.38. The van der Waals surface area contributed by atoms with Gasteiger partial charge >= 0.3 is 0 Å². The molecule has 2 heterocycles. The highest BCUT2D eigenvalue weighted by Crippen LogP contribution is 2.46. The van der Waals surface area contributed by atoms with E-state index < -0.39 is 26.2 Å². The van der Waals surface area contributed by atoms with Gasteiger partial charge in [0.1, 0.15) is 5.67 Å². The minimum Gasteiger partial charge on any atom is -0.238 e. The van der Waals surface area contributed by atoms with E-state index >= 15 is 0 Å². The zero-order valence-electron chi connectivity index (χ0n) is 10.6. The first kappa shape index (κ1) is 14.7. The first-order chi connectivity index (χ1) is 8.57. The first-order valence-corrected chi connectivity index (χ1v) is 7.83. The van der Waals surface area contributed by atoms with Gasteiger partial charge < -0.3 is 0 Å². The standard InChI is InChI=1S/C12H14ClF2NO2S/c1-11(2)7-12(15,3-4-19(11,17)18)9-5-8(13)6-16-10(9)14/h5-6H,3-4,7H2,1-2H3/t12-/m1/s1. The maximum atomic E-state index is 15.0. The molecule has 0 aliphatic carbocycles. The number of pyridine rings is 1. The number of sulfone groups is 1. The molecule has 2 rings (SSSR count). The molecule has 3 nitrogen and oxygen atoms in total. The van der Waals surface area contributed by atoms with Crippen molar-refractivity contribution >= 4 is 21.4 Å². The van der Waals surface area contributed by atoms with Crippen molar-refractivity contribution in [3.63, 3.8) is 0 Å². The van der Waals surface area contributed by atoms with Gasteiger partial charge in [-0.15, -0.1) is 0 Å².